The molecule has 0 fully saturated rings. The molecule has 9 heteroatoms. The second-order valence-electron chi connectivity index (χ2n) is 9.28. The van der Waals surface area contributed by atoms with Gasteiger partial charge in [0.1, 0.15) is 12.6 Å². The fourth-order valence-corrected chi connectivity index (χ4v) is 5.21. The normalized spacial score (nSPS) is 12.8. The highest BCUT2D eigenvalue weighted by molar-refractivity contribution is 14.1. The van der Waals surface area contributed by atoms with Gasteiger partial charge in [-0.1, -0.05) is 67.6 Å². The standard InChI is InChI=1S/C29H34IN3O4S/c1-4-22(2)31-29(35)27(19-23-11-7-5-8-12-23)32(20-24-13-9-6-10-14-24)28(34)21-33(38(3,36)37)26-17-15-25(30)16-18-26/h5-18,22,27H,4,19-21H2,1-3H3,(H,31,35)/t22-,27+/m0/s1. The minimum atomic E-state index is -3.78. The smallest absolute Gasteiger partial charge is 0.244 e. The molecule has 38 heavy (non-hydrogen) atoms. The molecule has 7 nitrogen and oxygen atoms in total. The summed E-state index contributed by atoms with van der Waals surface area (Å²) in [7, 11) is -3.78. The predicted molar refractivity (Wildman–Crippen MR) is 160 cm³/mol. The largest absolute Gasteiger partial charge is 0.352 e. The van der Waals surface area contributed by atoms with Crippen LogP contribution in [0.5, 0.6) is 0 Å². The van der Waals surface area contributed by atoms with Crippen LogP contribution in [-0.4, -0.2) is 50.0 Å². The van der Waals surface area contributed by atoms with Crippen LogP contribution in [0.15, 0.2) is 84.9 Å². The number of sulfonamides is 1. The molecular formula is C29H34IN3O4S. The number of anilines is 1. The highest BCUT2D eigenvalue weighted by atomic mass is 127. The topological polar surface area (TPSA) is 86.8 Å². The van der Waals surface area contributed by atoms with Crippen LogP contribution in [0, 0.1) is 3.57 Å². The third-order valence-corrected chi connectivity index (χ3v) is 8.12. The number of halogens is 1. The molecule has 0 saturated heterocycles. The monoisotopic (exact) mass is 647 g/mol. The number of nitrogens with zero attached hydrogens (tertiary/aromatic N) is 2. The number of hydrogen-bond donors (Lipinski definition) is 1. The van der Waals surface area contributed by atoms with Crippen molar-refractivity contribution in [2.75, 3.05) is 17.1 Å². The zero-order valence-corrected chi connectivity index (χ0v) is 24.9. The number of hydrogen-bond acceptors (Lipinski definition) is 4. The van der Waals surface area contributed by atoms with E-state index < -0.39 is 28.5 Å². The van der Waals surface area contributed by atoms with Crippen molar-refractivity contribution < 1.29 is 18.0 Å². The van der Waals surface area contributed by atoms with E-state index in [1.165, 1.54) is 4.90 Å². The van der Waals surface area contributed by atoms with Gasteiger partial charge in [-0.25, -0.2) is 8.42 Å². The van der Waals surface area contributed by atoms with Crippen molar-refractivity contribution in [3.63, 3.8) is 0 Å². The molecule has 0 aliphatic heterocycles. The molecule has 0 aliphatic carbocycles. The molecule has 0 bridgehead atoms. The minimum Gasteiger partial charge on any atom is -0.352 e. The summed E-state index contributed by atoms with van der Waals surface area (Å²) in [6.45, 7) is 3.64. The lowest BCUT2D eigenvalue weighted by molar-refractivity contribution is -0.140. The van der Waals surface area contributed by atoms with Gasteiger partial charge >= 0.3 is 0 Å². The van der Waals surface area contributed by atoms with E-state index in [4.69, 9.17) is 0 Å². The Balaban J connectivity index is 2.03. The van der Waals surface area contributed by atoms with E-state index in [-0.39, 0.29) is 18.5 Å². The lowest BCUT2D eigenvalue weighted by Gasteiger charge is -2.34. The van der Waals surface area contributed by atoms with Crippen molar-refractivity contribution >= 4 is 50.1 Å². The second kappa shape index (κ2) is 13.7. The van der Waals surface area contributed by atoms with Crippen LogP contribution in [0.1, 0.15) is 31.4 Å². The Morgan fingerprint density at radius 1 is 0.895 bits per heavy atom. The Labute approximate surface area is 239 Å². The van der Waals surface area contributed by atoms with Crippen LogP contribution in [0.2, 0.25) is 0 Å². The summed E-state index contributed by atoms with van der Waals surface area (Å²) in [5.74, 6) is -0.731. The summed E-state index contributed by atoms with van der Waals surface area (Å²) in [6, 6.07) is 25.0. The Bertz CT molecular complexity index is 1300. The van der Waals surface area contributed by atoms with E-state index in [9.17, 15) is 18.0 Å². The molecule has 3 aromatic carbocycles. The molecule has 1 N–H and O–H groups in total. The molecular weight excluding hydrogens is 613 g/mol. The van der Waals surface area contributed by atoms with Gasteiger partial charge in [0, 0.05) is 22.6 Å². The third-order valence-electron chi connectivity index (χ3n) is 6.26. The van der Waals surface area contributed by atoms with Crippen LogP contribution < -0.4 is 9.62 Å². The van der Waals surface area contributed by atoms with Gasteiger partial charge < -0.3 is 10.2 Å². The molecule has 2 atom stereocenters. The van der Waals surface area contributed by atoms with Crippen LogP contribution >= 0.6 is 22.6 Å². The zero-order valence-electron chi connectivity index (χ0n) is 21.9. The Hall–Kier alpha value is -2.92. The highest BCUT2D eigenvalue weighted by Gasteiger charge is 2.33. The number of amides is 2. The molecule has 3 aromatic rings. The maximum atomic E-state index is 14.0. The number of nitrogens with one attached hydrogen (secondary N) is 1. The van der Waals surface area contributed by atoms with E-state index in [1.807, 2.05) is 74.5 Å². The molecule has 0 unspecified atom stereocenters. The van der Waals surface area contributed by atoms with Crippen molar-refractivity contribution in [1.82, 2.24) is 10.2 Å². The Morgan fingerprint density at radius 2 is 1.45 bits per heavy atom. The van der Waals surface area contributed by atoms with Crippen molar-refractivity contribution in [3.05, 3.63) is 99.6 Å². The minimum absolute atomic E-state index is 0.0752. The first-order valence-corrected chi connectivity index (χ1v) is 15.4. The van der Waals surface area contributed by atoms with Gasteiger partial charge in [0.25, 0.3) is 0 Å². The Kier molecular flexibility index (Phi) is 10.7. The van der Waals surface area contributed by atoms with E-state index in [0.717, 1.165) is 31.7 Å². The fourth-order valence-electron chi connectivity index (χ4n) is 4.00. The van der Waals surface area contributed by atoms with Gasteiger partial charge in [0.2, 0.25) is 21.8 Å². The van der Waals surface area contributed by atoms with Crippen molar-refractivity contribution in [2.45, 2.75) is 45.3 Å². The number of rotatable bonds is 12. The summed E-state index contributed by atoms with van der Waals surface area (Å²) in [4.78, 5) is 29.1. The van der Waals surface area contributed by atoms with Crippen LogP contribution in [0.4, 0.5) is 5.69 Å². The first-order chi connectivity index (χ1) is 18.1. The lowest BCUT2D eigenvalue weighted by atomic mass is 10.0. The second-order valence-corrected chi connectivity index (χ2v) is 12.4. The molecule has 0 radical (unpaired) electrons. The van der Waals surface area contributed by atoms with E-state index in [1.54, 1.807) is 24.3 Å². The van der Waals surface area contributed by atoms with Gasteiger partial charge in [0.15, 0.2) is 0 Å². The van der Waals surface area contributed by atoms with Crippen molar-refractivity contribution in [1.29, 1.82) is 0 Å². The van der Waals surface area contributed by atoms with E-state index >= 15 is 0 Å². The summed E-state index contributed by atoms with van der Waals surface area (Å²) in [6.07, 6.45) is 2.12. The lowest BCUT2D eigenvalue weighted by Crippen LogP contribution is -2.54. The van der Waals surface area contributed by atoms with Crippen LogP contribution in [-0.2, 0) is 32.6 Å². The van der Waals surface area contributed by atoms with Gasteiger partial charge in [-0.15, -0.1) is 0 Å². The Morgan fingerprint density at radius 3 is 1.97 bits per heavy atom. The first-order valence-electron chi connectivity index (χ1n) is 12.5. The maximum Gasteiger partial charge on any atom is 0.244 e. The average Bonchev–Trinajstić information content (AvgIpc) is 2.90. The van der Waals surface area contributed by atoms with Crippen LogP contribution in [0.3, 0.4) is 0 Å². The molecule has 0 aliphatic rings. The van der Waals surface area contributed by atoms with Crippen LogP contribution in [0.25, 0.3) is 0 Å². The summed E-state index contributed by atoms with van der Waals surface area (Å²) < 4.78 is 27.6. The molecule has 2 amide bonds. The molecule has 0 spiro atoms. The average molecular weight is 648 g/mol. The molecule has 0 heterocycles. The molecule has 0 saturated carbocycles. The number of carbonyl (C=O) groups excluding carboxylic acids is 2. The van der Waals surface area contributed by atoms with E-state index in [2.05, 4.69) is 27.9 Å². The zero-order chi connectivity index (χ0) is 27.7. The quantitative estimate of drug-likeness (QED) is 0.291. The molecule has 0 aromatic heterocycles. The molecule has 202 valence electrons. The summed E-state index contributed by atoms with van der Waals surface area (Å²) in [5, 5.41) is 3.03. The van der Waals surface area contributed by atoms with Crippen molar-refractivity contribution in [3.8, 4) is 0 Å². The maximum absolute atomic E-state index is 14.0. The van der Waals surface area contributed by atoms with Gasteiger partial charge in [-0.3, -0.25) is 13.9 Å². The SMILES string of the molecule is CC[C@H](C)NC(=O)[C@@H](Cc1ccccc1)N(Cc1ccccc1)C(=O)CN(c1ccc(I)cc1)S(C)(=O)=O. The molecule has 3 rings (SSSR count). The highest BCUT2D eigenvalue weighted by Crippen LogP contribution is 2.21. The van der Waals surface area contributed by atoms with Crippen molar-refractivity contribution in [2.24, 2.45) is 0 Å². The number of carbonyl (C=O) groups is 2. The summed E-state index contributed by atoms with van der Waals surface area (Å²) >= 11 is 2.14. The van der Waals surface area contributed by atoms with E-state index in [0.29, 0.717) is 12.1 Å². The van der Waals surface area contributed by atoms with Gasteiger partial charge in [0.05, 0.1) is 11.9 Å². The fraction of sp³-hybridized carbons (Fsp3) is 0.310. The first kappa shape index (κ1) is 29.6. The van der Waals surface area contributed by atoms with Gasteiger partial charge in [-0.2, -0.15) is 0 Å². The third kappa shape index (κ3) is 8.56. The van der Waals surface area contributed by atoms with Gasteiger partial charge in [-0.05, 0) is 71.3 Å². The predicted octanol–water partition coefficient (Wildman–Crippen LogP) is 4.61. The summed E-state index contributed by atoms with van der Waals surface area (Å²) in [5.41, 5.74) is 2.14. The number of benzene rings is 3.